The fraction of sp³-hybridized carbons (Fsp3) is 0.150. The highest BCUT2D eigenvalue weighted by Gasteiger charge is 2.04. The number of hydrogen-bond acceptors (Lipinski definition) is 2. The van der Waals surface area contributed by atoms with Gasteiger partial charge < -0.3 is 5.32 Å². The van der Waals surface area contributed by atoms with Crippen molar-refractivity contribution in [3.63, 3.8) is 0 Å². The second-order valence-corrected chi connectivity index (χ2v) is 6.43. The Morgan fingerprint density at radius 1 is 1.08 bits per heavy atom. The first kappa shape index (κ1) is 16.3. The van der Waals surface area contributed by atoms with Crippen molar-refractivity contribution >= 4 is 30.7 Å². The molecule has 2 aromatic carbocycles. The van der Waals surface area contributed by atoms with Crippen molar-refractivity contribution in [2.45, 2.75) is 20.8 Å². The van der Waals surface area contributed by atoms with Gasteiger partial charge >= 0.3 is 0 Å². The zero-order valence-electron chi connectivity index (χ0n) is 14.2. The van der Waals surface area contributed by atoms with Gasteiger partial charge in [-0.2, -0.15) is 0 Å². The fourth-order valence-electron chi connectivity index (χ4n) is 2.96. The predicted octanol–water partition coefficient (Wildman–Crippen LogP) is 3.72. The molecule has 1 aromatic heterocycles. The van der Waals surface area contributed by atoms with Crippen molar-refractivity contribution in [2.75, 3.05) is 5.32 Å². The van der Waals surface area contributed by atoms with Crippen molar-refractivity contribution < 1.29 is 0 Å². The van der Waals surface area contributed by atoms with Crippen LogP contribution in [0.15, 0.2) is 42.5 Å². The van der Waals surface area contributed by atoms with Crippen LogP contribution >= 0.6 is 12.2 Å². The lowest BCUT2D eigenvalue weighted by molar-refractivity contribution is 0.857. The minimum absolute atomic E-state index is 0.709. The maximum Gasteiger partial charge on any atom is 0.136 e. The Labute approximate surface area is 147 Å². The van der Waals surface area contributed by atoms with Crippen LogP contribution in [0, 0.1) is 25.4 Å². The summed E-state index contributed by atoms with van der Waals surface area (Å²) in [6.45, 7) is 10.4. The summed E-state index contributed by atoms with van der Waals surface area (Å²) >= 11 is 5.62. The molecule has 0 aliphatic rings. The Hall–Kier alpha value is -2.59. The first-order chi connectivity index (χ1) is 11.5. The van der Waals surface area contributed by atoms with Gasteiger partial charge in [0, 0.05) is 11.9 Å². The molecule has 24 heavy (non-hydrogen) atoms. The van der Waals surface area contributed by atoms with Gasteiger partial charge in [-0.25, -0.2) is 4.68 Å². The summed E-state index contributed by atoms with van der Waals surface area (Å²) in [4.78, 5) is 0. The Kier molecular flexibility index (Phi) is 4.40. The van der Waals surface area contributed by atoms with E-state index in [0.717, 1.165) is 21.9 Å². The first-order valence-electron chi connectivity index (χ1n) is 7.87. The second kappa shape index (κ2) is 6.49. The lowest BCUT2D eigenvalue weighted by Crippen LogP contribution is -2.22. The van der Waals surface area contributed by atoms with E-state index >= 15 is 0 Å². The molecular weight excluding hydrogens is 314 g/mol. The molecule has 2 N–H and O–H groups in total. The second-order valence-electron chi connectivity index (χ2n) is 6.04. The molecule has 0 saturated carbocycles. The first-order valence-corrected chi connectivity index (χ1v) is 8.28. The zero-order valence-corrected chi connectivity index (χ0v) is 15.0. The summed E-state index contributed by atoms with van der Waals surface area (Å²) in [5.41, 5.74) is 5.80. The van der Waals surface area contributed by atoms with Gasteiger partial charge in [0.05, 0.1) is 16.3 Å². The number of nitrogens with zero attached hydrogens (tertiary/aromatic N) is 1. The van der Waals surface area contributed by atoms with E-state index in [1.807, 2.05) is 41.2 Å². The van der Waals surface area contributed by atoms with E-state index in [4.69, 9.17) is 12.2 Å². The fourth-order valence-corrected chi connectivity index (χ4v) is 3.29. The van der Waals surface area contributed by atoms with E-state index < -0.39 is 0 Å². The molecule has 0 fully saturated rings. The number of aromatic amines is 1. The Balaban J connectivity index is 2.06. The Bertz CT molecular complexity index is 1020. The number of benzene rings is 2. The van der Waals surface area contributed by atoms with Gasteiger partial charge in [-0.3, -0.25) is 5.10 Å². The summed E-state index contributed by atoms with van der Waals surface area (Å²) in [6, 6.07) is 14.3. The van der Waals surface area contributed by atoms with Crippen molar-refractivity contribution in [3.8, 4) is 5.69 Å². The Morgan fingerprint density at radius 3 is 2.33 bits per heavy atom. The minimum atomic E-state index is 0.709. The lowest BCUT2D eigenvalue weighted by Gasteiger charge is -2.10. The highest BCUT2D eigenvalue weighted by atomic mass is 32.1. The van der Waals surface area contributed by atoms with Crippen molar-refractivity contribution in [2.24, 2.45) is 0 Å². The van der Waals surface area contributed by atoms with Crippen LogP contribution in [0.1, 0.15) is 16.7 Å². The topological polar surface area (TPSA) is 32.8 Å². The van der Waals surface area contributed by atoms with Gasteiger partial charge in [-0.15, -0.1) is 0 Å². The highest BCUT2D eigenvalue weighted by Crippen LogP contribution is 2.21. The quantitative estimate of drug-likeness (QED) is 0.715. The molecule has 0 radical (unpaired) electrons. The van der Waals surface area contributed by atoms with Gasteiger partial charge in [-0.05, 0) is 44.0 Å². The molecule has 0 aliphatic carbocycles. The van der Waals surface area contributed by atoms with E-state index in [0.29, 0.717) is 4.64 Å². The van der Waals surface area contributed by atoms with Crippen LogP contribution in [0.25, 0.3) is 18.5 Å². The number of aromatic nitrogens is 2. The molecule has 3 aromatic rings. The van der Waals surface area contributed by atoms with Gasteiger partial charge in [-0.1, -0.05) is 54.7 Å². The zero-order chi connectivity index (χ0) is 17.3. The molecule has 0 amide bonds. The highest BCUT2D eigenvalue weighted by molar-refractivity contribution is 7.71. The van der Waals surface area contributed by atoms with Crippen LogP contribution in [-0.4, -0.2) is 9.78 Å². The van der Waals surface area contributed by atoms with Gasteiger partial charge in [0.2, 0.25) is 0 Å². The number of anilines is 1. The number of aryl methyl sites for hydroxylation is 3. The van der Waals surface area contributed by atoms with Crippen molar-refractivity contribution in [1.82, 2.24) is 9.78 Å². The molecule has 1 heterocycles. The maximum atomic E-state index is 5.62. The average Bonchev–Trinajstić information content (AvgIpc) is 2.82. The van der Waals surface area contributed by atoms with Crippen molar-refractivity contribution in [1.29, 1.82) is 0 Å². The number of nitrogens with one attached hydrogen (secondary N) is 2. The summed E-state index contributed by atoms with van der Waals surface area (Å²) in [5.74, 6) is 0. The maximum absolute atomic E-state index is 5.62. The van der Waals surface area contributed by atoms with Crippen LogP contribution in [-0.2, 0) is 0 Å². The Morgan fingerprint density at radius 2 is 1.71 bits per heavy atom. The SMILES string of the molecule is C=c1[nH]n(-c2ccccc2)c(=S)/c1=C\Nc1c(C)cc(C)cc1C. The average molecular weight is 335 g/mol. The van der Waals surface area contributed by atoms with Crippen LogP contribution in [0.3, 0.4) is 0 Å². The lowest BCUT2D eigenvalue weighted by atomic mass is 10.1. The predicted molar refractivity (Wildman–Crippen MR) is 104 cm³/mol. The molecule has 3 rings (SSSR count). The minimum Gasteiger partial charge on any atom is -0.360 e. The summed E-state index contributed by atoms with van der Waals surface area (Å²) in [6.07, 6.45) is 1.94. The molecule has 0 spiro atoms. The largest absolute Gasteiger partial charge is 0.360 e. The van der Waals surface area contributed by atoms with Crippen LogP contribution < -0.4 is 15.9 Å². The number of H-pyrrole nitrogens is 1. The molecular formula is C20H21N3S. The summed E-state index contributed by atoms with van der Waals surface area (Å²) < 4.78 is 2.58. The molecule has 0 aliphatic heterocycles. The summed E-state index contributed by atoms with van der Waals surface area (Å²) in [7, 11) is 0. The van der Waals surface area contributed by atoms with Crippen LogP contribution in [0.2, 0.25) is 0 Å². The van der Waals surface area contributed by atoms with E-state index in [2.05, 4.69) is 49.9 Å². The van der Waals surface area contributed by atoms with E-state index in [1.54, 1.807) is 0 Å². The third-order valence-corrected chi connectivity index (χ3v) is 4.46. The molecule has 0 bridgehead atoms. The van der Waals surface area contributed by atoms with Crippen LogP contribution in [0.5, 0.6) is 0 Å². The van der Waals surface area contributed by atoms with Crippen LogP contribution in [0.4, 0.5) is 5.69 Å². The molecule has 122 valence electrons. The smallest absolute Gasteiger partial charge is 0.136 e. The van der Waals surface area contributed by atoms with Gasteiger partial charge in [0.1, 0.15) is 4.64 Å². The van der Waals surface area contributed by atoms with E-state index in [-0.39, 0.29) is 0 Å². The standard InChI is InChI=1S/C20H21N3S/c1-13-10-14(2)19(15(3)11-13)21-12-18-16(4)22-23(20(18)24)17-8-6-5-7-9-17/h5-12,21-22H,4H2,1-3H3/b18-12-. The number of rotatable bonds is 3. The molecule has 0 unspecified atom stereocenters. The third-order valence-electron chi connectivity index (χ3n) is 4.06. The van der Waals surface area contributed by atoms with Gasteiger partial charge in [0.25, 0.3) is 0 Å². The molecule has 3 nitrogen and oxygen atoms in total. The molecule has 4 heteroatoms. The van der Waals surface area contributed by atoms with E-state index in [1.165, 1.54) is 16.7 Å². The number of hydrogen-bond donors (Lipinski definition) is 2. The van der Waals surface area contributed by atoms with E-state index in [9.17, 15) is 0 Å². The van der Waals surface area contributed by atoms with Crippen molar-refractivity contribution in [3.05, 3.63) is 74.4 Å². The van der Waals surface area contributed by atoms with Gasteiger partial charge in [0.15, 0.2) is 0 Å². The normalized spacial score (nSPS) is 11.7. The third kappa shape index (κ3) is 3.05. The monoisotopic (exact) mass is 335 g/mol. The number of para-hydroxylation sites is 1. The summed E-state index contributed by atoms with van der Waals surface area (Å²) in [5, 5.41) is 8.33. The molecule has 0 atom stereocenters. The molecule has 0 saturated heterocycles.